The van der Waals surface area contributed by atoms with E-state index in [1.54, 1.807) is 41.6 Å². The summed E-state index contributed by atoms with van der Waals surface area (Å²) in [5.74, 6) is 0.782. The molecule has 0 spiro atoms. The first-order valence-electron chi connectivity index (χ1n) is 9.21. The molecule has 3 heterocycles. The Labute approximate surface area is 162 Å². The predicted molar refractivity (Wildman–Crippen MR) is 102 cm³/mol. The van der Waals surface area contributed by atoms with E-state index >= 15 is 0 Å². The van der Waals surface area contributed by atoms with Crippen LogP contribution in [0, 0.1) is 22.7 Å². The van der Waals surface area contributed by atoms with Crippen molar-refractivity contribution in [2.24, 2.45) is 17.1 Å². The Morgan fingerprint density at radius 1 is 1.32 bits per heavy atom. The van der Waals surface area contributed by atoms with E-state index < -0.39 is 11.3 Å². The van der Waals surface area contributed by atoms with E-state index in [-0.39, 0.29) is 18.2 Å². The lowest BCUT2D eigenvalue weighted by Crippen LogP contribution is -2.35. The number of nitrogens with two attached hydrogens (primary N) is 1. The summed E-state index contributed by atoms with van der Waals surface area (Å²) in [6.45, 7) is 0.534. The van der Waals surface area contributed by atoms with Crippen LogP contribution in [0.3, 0.4) is 0 Å². The molecular formula is C20H20N6O2. The fourth-order valence-electron chi connectivity index (χ4n) is 3.72. The second kappa shape index (κ2) is 6.93. The summed E-state index contributed by atoms with van der Waals surface area (Å²) < 4.78 is 0. The van der Waals surface area contributed by atoms with E-state index in [9.17, 15) is 14.9 Å². The average Bonchev–Trinajstić information content (AvgIpc) is 3.47. The van der Waals surface area contributed by atoms with Gasteiger partial charge in [0.2, 0.25) is 11.8 Å². The minimum absolute atomic E-state index is 0.108. The topological polar surface area (TPSA) is 125 Å². The zero-order valence-electron chi connectivity index (χ0n) is 15.3. The molecule has 8 nitrogen and oxygen atoms in total. The number of rotatable bonds is 6. The quantitative estimate of drug-likeness (QED) is 0.793. The molecule has 1 aliphatic heterocycles. The van der Waals surface area contributed by atoms with Gasteiger partial charge in [-0.25, -0.2) is 9.97 Å². The fourth-order valence-corrected chi connectivity index (χ4v) is 3.72. The zero-order valence-corrected chi connectivity index (χ0v) is 15.3. The Morgan fingerprint density at radius 3 is 2.79 bits per heavy atom. The molecule has 8 heteroatoms. The van der Waals surface area contributed by atoms with E-state index in [0.29, 0.717) is 30.3 Å². The third kappa shape index (κ3) is 3.27. The lowest BCUT2D eigenvalue weighted by atomic mass is 9.83. The highest BCUT2D eigenvalue weighted by molar-refractivity contribution is 6.02. The molecule has 1 aliphatic carbocycles. The van der Waals surface area contributed by atoms with Crippen molar-refractivity contribution in [2.75, 3.05) is 16.8 Å². The first-order valence-corrected chi connectivity index (χ1v) is 9.21. The number of primary amides is 1. The second-order valence-corrected chi connectivity index (χ2v) is 7.28. The number of hydrogen-bond acceptors (Lipinski definition) is 6. The van der Waals surface area contributed by atoms with Crippen LogP contribution in [0.5, 0.6) is 0 Å². The molecule has 1 atom stereocenters. The molecule has 2 amide bonds. The monoisotopic (exact) mass is 376 g/mol. The van der Waals surface area contributed by atoms with Crippen LogP contribution >= 0.6 is 0 Å². The van der Waals surface area contributed by atoms with Crippen molar-refractivity contribution >= 4 is 29.1 Å². The van der Waals surface area contributed by atoms with E-state index in [1.807, 2.05) is 0 Å². The van der Waals surface area contributed by atoms with Gasteiger partial charge in [0.15, 0.2) is 0 Å². The number of aromatic nitrogens is 2. The van der Waals surface area contributed by atoms with Gasteiger partial charge in [-0.3, -0.25) is 9.59 Å². The number of pyridine rings is 2. The maximum absolute atomic E-state index is 12.9. The average molecular weight is 376 g/mol. The van der Waals surface area contributed by atoms with Gasteiger partial charge in [-0.2, -0.15) is 5.26 Å². The van der Waals surface area contributed by atoms with Crippen LogP contribution < -0.4 is 16.0 Å². The van der Waals surface area contributed by atoms with Gasteiger partial charge in [0.1, 0.15) is 17.1 Å². The zero-order chi connectivity index (χ0) is 19.7. The van der Waals surface area contributed by atoms with Gasteiger partial charge in [0.05, 0.1) is 12.5 Å². The van der Waals surface area contributed by atoms with Crippen molar-refractivity contribution in [1.82, 2.24) is 9.97 Å². The summed E-state index contributed by atoms with van der Waals surface area (Å²) in [4.78, 5) is 34.1. The Balaban J connectivity index is 1.50. The van der Waals surface area contributed by atoms with E-state index in [0.717, 1.165) is 18.4 Å². The van der Waals surface area contributed by atoms with Crippen LogP contribution in [-0.2, 0) is 16.0 Å². The van der Waals surface area contributed by atoms with Crippen LogP contribution in [0.4, 0.5) is 17.3 Å². The molecular weight excluding hydrogens is 356 g/mol. The molecule has 2 aromatic rings. The summed E-state index contributed by atoms with van der Waals surface area (Å²) >= 11 is 0. The largest absolute Gasteiger partial charge is 0.369 e. The summed E-state index contributed by atoms with van der Waals surface area (Å²) in [5, 5.41) is 12.7. The molecule has 142 valence electrons. The molecule has 2 fully saturated rings. The minimum atomic E-state index is -0.866. The predicted octanol–water partition coefficient (Wildman–Crippen LogP) is 1.90. The van der Waals surface area contributed by atoms with E-state index in [2.05, 4.69) is 21.4 Å². The molecule has 4 rings (SSSR count). The highest BCUT2D eigenvalue weighted by Crippen LogP contribution is 2.51. The standard InChI is InChI=1S/C20H20N6O2/c21-12-20(14-2-3-14)6-8-26(19(20)28)15-5-7-23-18(10-15)25-17-4-1-13(11-24-17)9-16(22)27/h1,4-5,7,10-11,14H,2-3,6,8-9H2,(H2,22,27)(H,23,24,25)/t20-/m1/s1. The number of nitrogens with zero attached hydrogens (tertiary/aromatic N) is 4. The molecule has 0 unspecified atom stereocenters. The van der Waals surface area contributed by atoms with Crippen LogP contribution in [0.2, 0.25) is 0 Å². The molecule has 0 aromatic carbocycles. The van der Waals surface area contributed by atoms with Gasteiger partial charge >= 0.3 is 0 Å². The van der Waals surface area contributed by atoms with Gasteiger partial charge in [0.25, 0.3) is 0 Å². The molecule has 0 radical (unpaired) electrons. The summed E-state index contributed by atoms with van der Waals surface area (Å²) in [6, 6.07) is 9.35. The Bertz CT molecular complexity index is 963. The summed E-state index contributed by atoms with van der Waals surface area (Å²) in [5.41, 5.74) is 5.76. The number of carbonyl (C=O) groups is 2. The number of amides is 2. The smallest absolute Gasteiger partial charge is 0.247 e. The normalized spacial score (nSPS) is 21.4. The Kier molecular flexibility index (Phi) is 4.43. The van der Waals surface area contributed by atoms with Gasteiger partial charge in [-0.05, 0) is 42.9 Å². The van der Waals surface area contributed by atoms with Gasteiger partial charge in [-0.15, -0.1) is 0 Å². The van der Waals surface area contributed by atoms with E-state index in [4.69, 9.17) is 5.73 Å². The molecule has 2 aromatic heterocycles. The highest BCUT2D eigenvalue weighted by Gasteiger charge is 2.56. The lowest BCUT2D eigenvalue weighted by molar-refractivity contribution is -0.123. The molecule has 1 saturated carbocycles. The Hall–Kier alpha value is -3.47. The maximum Gasteiger partial charge on any atom is 0.247 e. The second-order valence-electron chi connectivity index (χ2n) is 7.28. The van der Waals surface area contributed by atoms with Gasteiger partial charge in [0, 0.05) is 30.7 Å². The van der Waals surface area contributed by atoms with Crippen LogP contribution in [0.15, 0.2) is 36.7 Å². The third-order valence-electron chi connectivity index (χ3n) is 5.34. The van der Waals surface area contributed by atoms with Crippen molar-refractivity contribution in [1.29, 1.82) is 5.26 Å². The number of hydrogen-bond donors (Lipinski definition) is 2. The molecule has 2 aliphatic rings. The van der Waals surface area contributed by atoms with Crippen molar-refractivity contribution in [2.45, 2.75) is 25.7 Å². The van der Waals surface area contributed by atoms with Crippen molar-refractivity contribution in [3.05, 3.63) is 42.2 Å². The highest BCUT2D eigenvalue weighted by atomic mass is 16.2. The third-order valence-corrected chi connectivity index (χ3v) is 5.34. The molecule has 28 heavy (non-hydrogen) atoms. The summed E-state index contributed by atoms with van der Waals surface area (Å²) in [6.07, 6.45) is 5.82. The fraction of sp³-hybridized carbons (Fsp3) is 0.350. The Morgan fingerprint density at radius 2 is 2.14 bits per heavy atom. The van der Waals surface area contributed by atoms with E-state index in [1.165, 1.54) is 0 Å². The van der Waals surface area contributed by atoms with Crippen molar-refractivity contribution in [3.63, 3.8) is 0 Å². The van der Waals surface area contributed by atoms with Gasteiger partial charge in [-0.1, -0.05) is 6.07 Å². The maximum atomic E-state index is 12.9. The van der Waals surface area contributed by atoms with Crippen molar-refractivity contribution < 1.29 is 9.59 Å². The van der Waals surface area contributed by atoms with Crippen molar-refractivity contribution in [3.8, 4) is 6.07 Å². The first kappa shape index (κ1) is 17.9. The van der Waals surface area contributed by atoms with Gasteiger partial charge < -0.3 is 16.0 Å². The number of nitrogens with one attached hydrogen (secondary N) is 1. The molecule has 0 bridgehead atoms. The number of nitriles is 1. The van der Waals surface area contributed by atoms with Crippen LogP contribution in [-0.4, -0.2) is 28.3 Å². The SMILES string of the molecule is N#C[C@@]1(C2CC2)CCN(c2ccnc(Nc3ccc(CC(N)=O)cn3)c2)C1=O. The van der Waals surface area contributed by atoms with Crippen LogP contribution in [0.1, 0.15) is 24.8 Å². The number of anilines is 3. The van der Waals surface area contributed by atoms with Crippen LogP contribution in [0.25, 0.3) is 0 Å². The summed E-state index contributed by atoms with van der Waals surface area (Å²) in [7, 11) is 0. The first-order chi connectivity index (χ1) is 13.5. The molecule has 1 saturated heterocycles. The lowest BCUT2D eigenvalue weighted by Gasteiger charge is -2.21. The molecule has 3 N–H and O–H groups in total. The minimum Gasteiger partial charge on any atom is -0.369 e. The number of carbonyl (C=O) groups excluding carboxylic acids is 2.